The van der Waals surface area contributed by atoms with Gasteiger partial charge in [-0.1, -0.05) is 37.3 Å². The van der Waals surface area contributed by atoms with E-state index in [4.69, 9.17) is 0 Å². The van der Waals surface area contributed by atoms with E-state index in [1.807, 2.05) is 30.3 Å². The summed E-state index contributed by atoms with van der Waals surface area (Å²) in [4.78, 5) is 25.4. The molecule has 3 atom stereocenters. The van der Waals surface area contributed by atoms with Crippen molar-refractivity contribution in [3.8, 4) is 0 Å². The van der Waals surface area contributed by atoms with E-state index < -0.39 is 6.04 Å². The second kappa shape index (κ2) is 8.08. The molecule has 4 nitrogen and oxygen atoms in total. The summed E-state index contributed by atoms with van der Waals surface area (Å²) in [5.74, 6) is 0.684. The summed E-state index contributed by atoms with van der Waals surface area (Å²) in [7, 11) is 0. The Labute approximate surface area is 132 Å². The minimum atomic E-state index is -0.420. The van der Waals surface area contributed by atoms with Gasteiger partial charge in [-0.15, -0.1) is 0 Å². The van der Waals surface area contributed by atoms with E-state index in [-0.39, 0.29) is 11.7 Å². The van der Waals surface area contributed by atoms with Gasteiger partial charge in [0.1, 0.15) is 0 Å². The molecule has 0 saturated carbocycles. The predicted octanol–water partition coefficient (Wildman–Crippen LogP) is 0.618. The molecule has 1 unspecified atom stereocenters. The molecular weight excluding hydrogens is 276 g/mol. The van der Waals surface area contributed by atoms with Crippen LogP contribution in [-0.2, 0) is 16.0 Å². The average Bonchev–Trinajstić information content (AvgIpc) is 2.47. The molecule has 0 aromatic heterocycles. The Hall–Kier alpha value is -1.68. The number of carbonyl (C=O) groups excluding carboxylic acids is 2. The van der Waals surface area contributed by atoms with Crippen LogP contribution < -0.4 is 10.2 Å². The van der Waals surface area contributed by atoms with Crippen molar-refractivity contribution >= 4 is 11.7 Å². The van der Waals surface area contributed by atoms with Crippen LogP contribution in [0.3, 0.4) is 0 Å². The van der Waals surface area contributed by atoms with Crippen molar-refractivity contribution in [2.24, 2.45) is 5.92 Å². The second-order valence-electron chi connectivity index (χ2n) is 6.55. The molecule has 120 valence electrons. The zero-order valence-electron chi connectivity index (χ0n) is 13.6. The summed E-state index contributed by atoms with van der Waals surface area (Å²) in [6.07, 6.45) is 3.01. The van der Waals surface area contributed by atoms with Gasteiger partial charge in [-0.2, -0.15) is 0 Å². The fourth-order valence-corrected chi connectivity index (χ4v) is 3.18. The van der Waals surface area contributed by atoms with Crippen LogP contribution in [0.15, 0.2) is 30.3 Å². The highest BCUT2D eigenvalue weighted by atomic mass is 16.2. The van der Waals surface area contributed by atoms with E-state index in [9.17, 15) is 9.59 Å². The Morgan fingerprint density at radius 2 is 2.05 bits per heavy atom. The third-order valence-electron chi connectivity index (χ3n) is 4.38. The minimum absolute atomic E-state index is 0.0132. The molecular formula is C18H27N2O2+. The van der Waals surface area contributed by atoms with Crippen LogP contribution in [0.2, 0.25) is 0 Å². The fraction of sp³-hybridized carbons (Fsp3) is 0.556. The van der Waals surface area contributed by atoms with E-state index in [0.717, 1.165) is 18.7 Å². The van der Waals surface area contributed by atoms with Crippen molar-refractivity contribution in [3.63, 3.8) is 0 Å². The van der Waals surface area contributed by atoms with E-state index >= 15 is 0 Å². The Bertz CT molecular complexity index is 501. The molecule has 1 heterocycles. The Kier molecular flexibility index (Phi) is 6.13. The van der Waals surface area contributed by atoms with Crippen molar-refractivity contribution in [1.29, 1.82) is 0 Å². The van der Waals surface area contributed by atoms with Crippen molar-refractivity contribution in [2.75, 3.05) is 19.6 Å². The number of hydrogen-bond acceptors (Lipinski definition) is 2. The number of quaternary nitrogens is 1. The van der Waals surface area contributed by atoms with Crippen molar-refractivity contribution in [1.82, 2.24) is 5.32 Å². The van der Waals surface area contributed by atoms with Gasteiger partial charge >= 0.3 is 0 Å². The highest BCUT2D eigenvalue weighted by Crippen LogP contribution is 2.05. The highest BCUT2D eigenvalue weighted by Gasteiger charge is 2.24. The van der Waals surface area contributed by atoms with E-state index in [1.54, 1.807) is 6.92 Å². The third-order valence-corrected chi connectivity index (χ3v) is 4.38. The first-order valence-electron chi connectivity index (χ1n) is 8.22. The molecule has 2 N–H and O–H groups in total. The molecule has 1 aliphatic rings. The molecule has 4 heteroatoms. The van der Waals surface area contributed by atoms with Gasteiger partial charge < -0.3 is 10.2 Å². The molecule has 22 heavy (non-hydrogen) atoms. The number of ketones is 1. The predicted molar refractivity (Wildman–Crippen MR) is 86.7 cm³/mol. The molecule has 1 fully saturated rings. The zero-order valence-corrected chi connectivity index (χ0v) is 13.6. The number of Topliss-reactive ketones (excluding diaryl/α,β-unsaturated/α-hetero) is 1. The summed E-state index contributed by atoms with van der Waals surface area (Å²) in [5.41, 5.74) is 1.07. The largest absolute Gasteiger partial charge is 0.341 e. The maximum Gasteiger partial charge on any atom is 0.275 e. The normalized spacial score (nSPS) is 22.8. The van der Waals surface area contributed by atoms with Crippen LogP contribution >= 0.6 is 0 Å². The van der Waals surface area contributed by atoms with Crippen molar-refractivity contribution in [2.45, 2.75) is 39.2 Å². The quantitative estimate of drug-likeness (QED) is 0.809. The van der Waals surface area contributed by atoms with Gasteiger partial charge in [-0.05, 0) is 31.7 Å². The number of likely N-dealkylation sites (tertiary alicyclic amines) is 1. The lowest BCUT2D eigenvalue weighted by Crippen LogP contribution is -3.14. The van der Waals surface area contributed by atoms with Crippen LogP contribution in [0.25, 0.3) is 0 Å². The monoisotopic (exact) mass is 303 g/mol. The SMILES string of the molecule is CC(=O)[C@H](Cc1ccccc1)NC(=O)C[NH+]1CCC[C@@H](C)C1. The van der Waals surface area contributed by atoms with Crippen LogP contribution in [0, 0.1) is 5.92 Å². The molecule has 1 amide bonds. The minimum Gasteiger partial charge on any atom is -0.341 e. The number of rotatable bonds is 6. The molecule has 1 saturated heterocycles. The summed E-state index contributed by atoms with van der Waals surface area (Å²) >= 11 is 0. The number of hydrogen-bond donors (Lipinski definition) is 2. The molecule has 0 aliphatic carbocycles. The lowest BCUT2D eigenvalue weighted by Gasteiger charge is -2.27. The average molecular weight is 303 g/mol. The summed E-state index contributed by atoms with van der Waals surface area (Å²) < 4.78 is 0. The molecule has 1 aromatic rings. The van der Waals surface area contributed by atoms with Crippen molar-refractivity contribution in [3.05, 3.63) is 35.9 Å². The second-order valence-corrected chi connectivity index (χ2v) is 6.55. The van der Waals surface area contributed by atoms with Crippen molar-refractivity contribution < 1.29 is 14.5 Å². The highest BCUT2D eigenvalue weighted by molar-refractivity contribution is 5.88. The molecule has 0 bridgehead atoms. The van der Waals surface area contributed by atoms with Crippen LogP contribution in [0.4, 0.5) is 0 Å². The van der Waals surface area contributed by atoms with Crippen LogP contribution in [0.5, 0.6) is 0 Å². The number of piperidine rings is 1. The first-order valence-corrected chi connectivity index (χ1v) is 8.22. The number of nitrogens with one attached hydrogen (secondary N) is 2. The molecule has 2 rings (SSSR count). The van der Waals surface area contributed by atoms with Gasteiger partial charge in [0.2, 0.25) is 0 Å². The maximum absolute atomic E-state index is 12.2. The Morgan fingerprint density at radius 1 is 1.32 bits per heavy atom. The summed E-state index contributed by atoms with van der Waals surface area (Å²) in [5, 5.41) is 2.92. The number of carbonyl (C=O) groups is 2. The van der Waals surface area contributed by atoms with Gasteiger partial charge in [0.15, 0.2) is 12.3 Å². The van der Waals surface area contributed by atoms with Crippen LogP contribution in [-0.4, -0.2) is 37.4 Å². The molecule has 1 aromatic carbocycles. The molecule has 0 spiro atoms. The topological polar surface area (TPSA) is 50.6 Å². The van der Waals surface area contributed by atoms with Gasteiger partial charge in [-0.3, -0.25) is 9.59 Å². The van der Waals surface area contributed by atoms with Gasteiger partial charge in [-0.25, -0.2) is 0 Å². The first-order chi connectivity index (χ1) is 10.5. The van der Waals surface area contributed by atoms with Gasteiger partial charge in [0.05, 0.1) is 19.1 Å². The van der Waals surface area contributed by atoms with Crippen LogP contribution in [0.1, 0.15) is 32.3 Å². The smallest absolute Gasteiger partial charge is 0.275 e. The van der Waals surface area contributed by atoms with Gasteiger partial charge in [0, 0.05) is 5.92 Å². The fourth-order valence-electron chi connectivity index (χ4n) is 3.18. The molecule has 1 aliphatic heterocycles. The van der Waals surface area contributed by atoms with E-state index in [0.29, 0.717) is 18.9 Å². The summed E-state index contributed by atoms with van der Waals surface area (Å²) in [6, 6.07) is 9.41. The molecule has 0 radical (unpaired) electrons. The number of amides is 1. The lowest BCUT2D eigenvalue weighted by atomic mass is 10.0. The maximum atomic E-state index is 12.2. The lowest BCUT2D eigenvalue weighted by molar-refractivity contribution is -0.900. The number of benzene rings is 1. The third kappa shape index (κ3) is 5.26. The zero-order chi connectivity index (χ0) is 15.9. The Morgan fingerprint density at radius 3 is 2.68 bits per heavy atom. The van der Waals surface area contributed by atoms with Gasteiger partial charge in [0.25, 0.3) is 5.91 Å². The standard InChI is InChI=1S/C18H26N2O2/c1-14-7-6-10-20(12-14)13-18(22)19-17(15(2)21)11-16-8-4-3-5-9-16/h3-5,8-9,14,17H,6-7,10-13H2,1-2H3,(H,19,22)/p+1/t14-,17+/m1/s1. The van der Waals surface area contributed by atoms with E-state index in [2.05, 4.69) is 12.2 Å². The Balaban J connectivity index is 1.87. The van der Waals surface area contributed by atoms with E-state index in [1.165, 1.54) is 17.7 Å². The summed E-state index contributed by atoms with van der Waals surface area (Å²) in [6.45, 7) is 6.37. The first kappa shape index (κ1) is 16.7.